The third-order valence-corrected chi connectivity index (χ3v) is 4.55. The van der Waals surface area contributed by atoms with Crippen LogP contribution in [0.3, 0.4) is 0 Å². The van der Waals surface area contributed by atoms with Gasteiger partial charge in [-0.15, -0.1) is 0 Å². The maximum absolute atomic E-state index is 11.8. The molecule has 1 heterocycles. The highest BCUT2D eigenvalue weighted by atomic mass is 16.8. The monoisotopic (exact) mass is 448 g/mol. The molecule has 0 saturated carbocycles. The Bertz CT molecular complexity index is 759. The zero-order valence-electron chi connectivity index (χ0n) is 16.1. The van der Waals surface area contributed by atoms with Crippen molar-refractivity contribution in [2.75, 3.05) is 6.79 Å². The number of aliphatic carboxylic acids is 1. The van der Waals surface area contributed by atoms with Crippen LogP contribution in [-0.2, 0) is 30.2 Å². The summed E-state index contributed by atoms with van der Waals surface area (Å²) in [6.45, 7) is -0.758. The van der Waals surface area contributed by atoms with Crippen LogP contribution in [-0.4, -0.2) is 96.4 Å². The number of hydrogen-bond acceptors (Lipinski definition) is 12. The lowest BCUT2D eigenvalue weighted by Gasteiger charge is -2.38. The summed E-state index contributed by atoms with van der Waals surface area (Å²) in [5.41, 5.74) is 0.314. The van der Waals surface area contributed by atoms with Gasteiger partial charge in [0.05, 0.1) is 6.10 Å². The smallest absolute Gasteiger partial charge is 0.335 e. The molecule has 1 aromatic rings. The Morgan fingerprint density at radius 3 is 2.23 bits per heavy atom. The van der Waals surface area contributed by atoms with E-state index in [2.05, 4.69) is 0 Å². The van der Waals surface area contributed by atoms with Crippen LogP contribution < -0.4 is 0 Å². The Morgan fingerprint density at radius 1 is 1.03 bits per heavy atom. The Balaban J connectivity index is 1.75. The van der Waals surface area contributed by atoms with Gasteiger partial charge in [-0.2, -0.15) is 0 Å². The third kappa shape index (κ3) is 6.40. The summed E-state index contributed by atoms with van der Waals surface area (Å²) < 4.78 is 14.5. The first-order valence-electron chi connectivity index (χ1n) is 9.12. The molecular weight excluding hydrogens is 424 g/mol. The second kappa shape index (κ2) is 10.6. The Labute approximate surface area is 175 Å². The van der Waals surface area contributed by atoms with Crippen molar-refractivity contribution < 1.29 is 64.7 Å². The molecule has 1 aliphatic rings. The van der Waals surface area contributed by atoms with Gasteiger partial charge in [-0.05, 0) is 30.5 Å². The standard InChI is InChI=1S/C18H24O13/c19-8(3-7-4-9(20)12(23)10(21)5-7)1-2-11(22)29-6-30-18-15(26)13(24)14(25)16(31-18)17(27)28/h4-5,8,13-16,18-21,23-26H,1-3,6H2,(H,27,28). The second-order valence-electron chi connectivity index (χ2n) is 6.92. The highest BCUT2D eigenvalue weighted by Gasteiger charge is 2.47. The maximum Gasteiger partial charge on any atom is 0.335 e. The van der Waals surface area contributed by atoms with Crippen LogP contribution in [0.2, 0.25) is 0 Å². The minimum absolute atomic E-state index is 0.0376. The molecule has 0 amide bonds. The van der Waals surface area contributed by atoms with Gasteiger partial charge in [-0.1, -0.05) is 0 Å². The van der Waals surface area contributed by atoms with Gasteiger partial charge in [0.15, 0.2) is 36.4 Å². The van der Waals surface area contributed by atoms with E-state index in [0.717, 1.165) is 12.1 Å². The molecule has 0 bridgehead atoms. The van der Waals surface area contributed by atoms with Gasteiger partial charge in [0.2, 0.25) is 0 Å². The summed E-state index contributed by atoms with van der Waals surface area (Å²) in [6.07, 6.45) is -10.5. The number of carbonyl (C=O) groups is 2. The molecule has 1 fully saturated rings. The number of esters is 1. The number of benzene rings is 1. The van der Waals surface area contributed by atoms with E-state index in [1.54, 1.807) is 0 Å². The lowest BCUT2D eigenvalue weighted by molar-refractivity contribution is -0.307. The lowest BCUT2D eigenvalue weighted by atomic mass is 9.99. The molecule has 1 saturated heterocycles. The van der Waals surface area contributed by atoms with E-state index in [1.165, 1.54) is 0 Å². The number of aliphatic hydroxyl groups is 4. The molecule has 31 heavy (non-hydrogen) atoms. The van der Waals surface area contributed by atoms with Gasteiger partial charge >= 0.3 is 11.9 Å². The van der Waals surface area contributed by atoms with Gasteiger partial charge in [0, 0.05) is 6.42 Å². The summed E-state index contributed by atoms with van der Waals surface area (Å²) in [5, 5.41) is 76.1. The average Bonchev–Trinajstić information content (AvgIpc) is 2.70. The molecule has 174 valence electrons. The second-order valence-corrected chi connectivity index (χ2v) is 6.92. The highest BCUT2D eigenvalue weighted by Crippen LogP contribution is 2.35. The van der Waals surface area contributed by atoms with E-state index in [1.807, 2.05) is 0 Å². The summed E-state index contributed by atoms with van der Waals surface area (Å²) in [7, 11) is 0. The highest BCUT2D eigenvalue weighted by molar-refractivity contribution is 5.73. The van der Waals surface area contributed by atoms with Gasteiger partial charge in [0.25, 0.3) is 0 Å². The molecule has 0 radical (unpaired) electrons. The molecule has 2 rings (SSSR count). The van der Waals surface area contributed by atoms with E-state index >= 15 is 0 Å². The number of aliphatic hydroxyl groups excluding tert-OH is 4. The van der Waals surface area contributed by atoms with Crippen molar-refractivity contribution in [3.63, 3.8) is 0 Å². The summed E-state index contributed by atoms with van der Waals surface area (Å²) >= 11 is 0. The fourth-order valence-electron chi connectivity index (χ4n) is 2.87. The molecule has 6 unspecified atom stereocenters. The van der Waals surface area contributed by atoms with E-state index in [9.17, 15) is 45.3 Å². The number of carbonyl (C=O) groups excluding carboxylic acids is 1. The van der Waals surface area contributed by atoms with Crippen molar-refractivity contribution in [3.05, 3.63) is 17.7 Å². The number of carboxylic acids is 1. The van der Waals surface area contributed by atoms with E-state index in [-0.39, 0.29) is 19.3 Å². The third-order valence-electron chi connectivity index (χ3n) is 4.55. The van der Waals surface area contributed by atoms with E-state index in [0.29, 0.717) is 5.56 Å². The molecule has 1 aliphatic heterocycles. The number of aromatic hydroxyl groups is 3. The van der Waals surface area contributed by atoms with E-state index in [4.69, 9.17) is 19.3 Å². The van der Waals surface area contributed by atoms with Crippen molar-refractivity contribution in [2.45, 2.75) is 56.1 Å². The average molecular weight is 448 g/mol. The van der Waals surface area contributed by atoms with Crippen molar-refractivity contribution in [1.29, 1.82) is 0 Å². The first-order chi connectivity index (χ1) is 14.5. The Kier molecular flexibility index (Phi) is 8.38. The SMILES string of the molecule is O=C(CCC(O)Cc1cc(O)c(O)c(O)c1)OCOC1OC(C(=O)O)C(O)C(O)C1O. The minimum atomic E-state index is -1.88. The van der Waals surface area contributed by atoms with Gasteiger partial charge in [-0.25, -0.2) is 4.79 Å². The predicted octanol–water partition coefficient (Wildman–Crippen LogP) is -2.10. The summed E-state index contributed by atoms with van der Waals surface area (Å²) in [5.74, 6) is -4.21. The lowest BCUT2D eigenvalue weighted by Crippen LogP contribution is -2.60. The number of phenolic OH excluding ortho intramolecular Hbond substituents is 3. The first-order valence-corrected chi connectivity index (χ1v) is 9.12. The van der Waals surface area contributed by atoms with Crippen LogP contribution >= 0.6 is 0 Å². The number of hydrogen-bond donors (Lipinski definition) is 8. The van der Waals surface area contributed by atoms with Gasteiger partial charge in [0.1, 0.15) is 18.3 Å². The maximum atomic E-state index is 11.8. The Hall–Kier alpha value is -2.68. The van der Waals surface area contributed by atoms with E-state index < -0.39 is 72.8 Å². The van der Waals surface area contributed by atoms with Crippen LogP contribution in [0.25, 0.3) is 0 Å². The molecule has 0 aromatic heterocycles. The number of carboxylic acid groups (broad SMARTS) is 1. The fourth-order valence-corrected chi connectivity index (χ4v) is 2.87. The van der Waals surface area contributed by atoms with Crippen molar-refractivity contribution in [1.82, 2.24) is 0 Å². The summed E-state index contributed by atoms with van der Waals surface area (Å²) in [6, 6.07) is 2.30. The zero-order chi connectivity index (χ0) is 23.3. The molecule has 8 N–H and O–H groups in total. The first kappa shape index (κ1) is 24.6. The number of ether oxygens (including phenoxy) is 3. The summed E-state index contributed by atoms with van der Waals surface area (Å²) in [4.78, 5) is 22.7. The van der Waals surface area contributed by atoms with Crippen LogP contribution in [0, 0.1) is 0 Å². The zero-order valence-corrected chi connectivity index (χ0v) is 16.1. The largest absolute Gasteiger partial charge is 0.504 e. The molecule has 0 aliphatic carbocycles. The quantitative estimate of drug-likeness (QED) is 0.115. The van der Waals surface area contributed by atoms with Crippen LogP contribution in [0.1, 0.15) is 18.4 Å². The van der Waals surface area contributed by atoms with Crippen LogP contribution in [0.5, 0.6) is 17.2 Å². The molecular formula is C18H24O13. The minimum Gasteiger partial charge on any atom is -0.504 e. The number of phenols is 3. The van der Waals surface area contributed by atoms with Crippen LogP contribution in [0.15, 0.2) is 12.1 Å². The molecule has 6 atom stereocenters. The van der Waals surface area contributed by atoms with Crippen molar-refractivity contribution in [3.8, 4) is 17.2 Å². The predicted molar refractivity (Wildman–Crippen MR) is 96.7 cm³/mol. The van der Waals surface area contributed by atoms with Crippen molar-refractivity contribution >= 4 is 11.9 Å². The Morgan fingerprint density at radius 2 is 1.65 bits per heavy atom. The fraction of sp³-hybridized carbons (Fsp3) is 0.556. The molecule has 13 nitrogen and oxygen atoms in total. The number of rotatable bonds is 9. The van der Waals surface area contributed by atoms with Gasteiger partial charge < -0.3 is 55.1 Å². The molecule has 1 aromatic carbocycles. The molecule has 0 spiro atoms. The van der Waals surface area contributed by atoms with Gasteiger partial charge in [-0.3, -0.25) is 4.79 Å². The van der Waals surface area contributed by atoms with Crippen LogP contribution in [0.4, 0.5) is 0 Å². The van der Waals surface area contributed by atoms with Crippen molar-refractivity contribution in [2.24, 2.45) is 0 Å². The normalized spacial score (nSPS) is 26.9. The molecule has 13 heteroatoms. The topological polar surface area (TPSA) is 224 Å².